The van der Waals surface area contributed by atoms with Crippen LogP contribution in [0.3, 0.4) is 0 Å². The summed E-state index contributed by atoms with van der Waals surface area (Å²) in [6, 6.07) is 3.80. The Morgan fingerprint density at radius 2 is 2.33 bits per heavy atom. The van der Waals surface area contributed by atoms with Crippen molar-refractivity contribution in [2.75, 3.05) is 18.8 Å². The molecular formula is C12H17N3. The van der Waals surface area contributed by atoms with Crippen molar-refractivity contribution in [3.8, 4) is 12.3 Å². The summed E-state index contributed by atoms with van der Waals surface area (Å²) in [6.45, 7) is 4.59. The summed E-state index contributed by atoms with van der Waals surface area (Å²) in [6.07, 6.45) is 8.08. The number of pyridine rings is 1. The van der Waals surface area contributed by atoms with Crippen molar-refractivity contribution >= 4 is 5.69 Å². The van der Waals surface area contributed by atoms with Crippen molar-refractivity contribution < 1.29 is 0 Å². The smallest absolute Gasteiger partial charge is 0.0602 e. The Kier molecular flexibility index (Phi) is 4.65. The molecule has 3 nitrogen and oxygen atoms in total. The lowest BCUT2D eigenvalue weighted by Gasteiger charge is -2.18. The van der Waals surface area contributed by atoms with Crippen LogP contribution in [-0.2, 0) is 6.54 Å². The van der Waals surface area contributed by atoms with E-state index in [0.717, 1.165) is 25.2 Å². The Morgan fingerprint density at radius 3 is 2.87 bits per heavy atom. The molecule has 0 radical (unpaired) electrons. The van der Waals surface area contributed by atoms with Gasteiger partial charge in [0.25, 0.3) is 0 Å². The predicted molar refractivity (Wildman–Crippen MR) is 63.1 cm³/mol. The third-order valence-electron chi connectivity index (χ3n) is 2.09. The molecule has 3 heteroatoms. The summed E-state index contributed by atoms with van der Waals surface area (Å²) in [5.74, 6) is 2.66. The Morgan fingerprint density at radius 1 is 1.53 bits per heavy atom. The summed E-state index contributed by atoms with van der Waals surface area (Å²) in [7, 11) is 0. The zero-order valence-electron chi connectivity index (χ0n) is 9.11. The first kappa shape index (κ1) is 11.5. The number of nitrogens with zero attached hydrogens (tertiary/aromatic N) is 2. The SMILES string of the molecule is C#CCN(CCC)Cc1ccc(N)cn1. The van der Waals surface area contributed by atoms with Gasteiger partial charge in [0, 0.05) is 6.54 Å². The van der Waals surface area contributed by atoms with Gasteiger partial charge >= 0.3 is 0 Å². The third kappa shape index (κ3) is 4.01. The van der Waals surface area contributed by atoms with Gasteiger partial charge in [-0.3, -0.25) is 9.88 Å². The number of nitrogens with two attached hydrogens (primary N) is 1. The van der Waals surface area contributed by atoms with Crippen LogP contribution in [0.1, 0.15) is 19.0 Å². The summed E-state index contributed by atoms with van der Waals surface area (Å²) in [5.41, 5.74) is 7.27. The van der Waals surface area contributed by atoms with Crippen LogP contribution < -0.4 is 5.73 Å². The van der Waals surface area contributed by atoms with E-state index < -0.39 is 0 Å². The Labute approximate surface area is 91.3 Å². The first-order valence-corrected chi connectivity index (χ1v) is 5.12. The van der Waals surface area contributed by atoms with Gasteiger partial charge in [-0.1, -0.05) is 12.8 Å². The second-order valence-electron chi connectivity index (χ2n) is 3.50. The maximum Gasteiger partial charge on any atom is 0.0602 e. The molecule has 0 unspecified atom stereocenters. The molecule has 1 aromatic heterocycles. The first-order chi connectivity index (χ1) is 7.26. The minimum Gasteiger partial charge on any atom is -0.397 e. The lowest BCUT2D eigenvalue weighted by atomic mass is 10.3. The van der Waals surface area contributed by atoms with E-state index in [2.05, 4.69) is 22.7 Å². The van der Waals surface area contributed by atoms with E-state index in [9.17, 15) is 0 Å². The van der Waals surface area contributed by atoms with Crippen LogP contribution in [0.25, 0.3) is 0 Å². The molecule has 0 aromatic carbocycles. The van der Waals surface area contributed by atoms with E-state index in [-0.39, 0.29) is 0 Å². The van der Waals surface area contributed by atoms with E-state index in [0.29, 0.717) is 12.2 Å². The first-order valence-electron chi connectivity index (χ1n) is 5.12. The van der Waals surface area contributed by atoms with Crippen molar-refractivity contribution in [2.24, 2.45) is 0 Å². The van der Waals surface area contributed by atoms with Crippen LogP contribution in [0.15, 0.2) is 18.3 Å². The van der Waals surface area contributed by atoms with Crippen molar-refractivity contribution in [1.82, 2.24) is 9.88 Å². The molecule has 0 fully saturated rings. The van der Waals surface area contributed by atoms with Gasteiger partial charge in [-0.25, -0.2) is 0 Å². The largest absolute Gasteiger partial charge is 0.397 e. The molecule has 0 aliphatic carbocycles. The number of terminal acetylenes is 1. The fraction of sp³-hybridized carbons (Fsp3) is 0.417. The summed E-state index contributed by atoms with van der Waals surface area (Å²) in [5, 5.41) is 0. The van der Waals surface area contributed by atoms with Crippen LogP contribution >= 0.6 is 0 Å². The van der Waals surface area contributed by atoms with Gasteiger partial charge in [0.1, 0.15) is 0 Å². The van der Waals surface area contributed by atoms with E-state index in [4.69, 9.17) is 12.2 Å². The summed E-state index contributed by atoms with van der Waals surface area (Å²) < 4.78 is 0. The van der Waals surface area contributed by atoms with Gasteiger partial charge in [0.05, 0.1) is 24.1 Å². The topological polar surface area (TPSA) is 42.1 Å². The number of rotatable bonds is 5. The molecule has 0 amide bonds. The highest BCUT2D eigenvalue weighted by Gasteiger charge is 2.03. The van der Waals surface area contributed by atoms with E-state index in [1.54, 1.807) is 6.20 Å². The van der Waals surface area contributed by atoms with E-state index in [1.165, 1.54) is 0 Å². The molecule has 15 heavy (non-hydrogen) atoms. The molecule has 2 N–H and O–H groups in total. The molecule has 0 saturated heterocycles. The van der Waals surface area contributed by atoms with Crippen molar-refractivity contribution in [2.45, 2.75) is 19.9 Å². The second-order valence-corrected chi connectivity index (χ2v) is 3.50. The van der Waals surface area contributed by atoms with Crippen molar-refractivity contribution in [1.29, 1.82) is 0 Å². The molecule has 1 rings (SSSR count). The highest BCUT2D eigenvalue weighted by Crippen LogP contribution is 2.05. The highest BCUT2D eigenvalue weighted by molar-refractivity contribution is 5.34. The summed E-state index contributed by atoms with van der Waals surface area (Å²) in [4.78, 5) is 6.44. The van der Waals surface area contributed by atoms with Gasteiger partial charge in [0.15, 0.2) is 0 Å². The number of aromatic nitrogens is 1. The van der Waals surface area contributed by atoms with Gasteiger partial charge in [-0.15, -0.1) is 6.42 Å². The average molecular weight is 203 g/mol. The molecule has 0 saturated carbocycles. The van der Waals surface area contributed by atoms with E-state index in [1.807, 2.05) is 12.1 Å². The minimum absolute atomic E-state index is 0.667. The predicted octanol–water partition coefficient (Wildman–Crippen LogP) is 1.51. The van der Waals surface area contributed by atoms with Crippen LogP contribution in [-0.4, -0.2) is 23.0 Å². The third-order valence-corrected chi connectivity index (χ3v) is 2.09. The molecule has 0 spiro atoms. The molecule has 0 aliphatic heterocycles. The Hall–Kier alpha value is -1.53. The maximum absolute atomic E-state index is 5.57. The normalized spacial score (nSPS) is 10.2. The van der Waals surface area contributed by atoms with Crippen molar-refractivity contribution in [3.63, 3.8) is 0 Å². The molecule has 1 heterocycles. The average Bonchev–Trinajstić information content (AvgIpc) is 2.22. The molecule has 0 bridgehead atoms. The fourth-order valence-corrected chi connectivity index (χ4v) is 1.42. The lowest BCUT2D eigenvalue weighted by molar-refractivity contribution is 0.296. The van der Waals surface area contributed by atoms with Crippen LogP contribution in [0.5, 0.6) is 0 Å². The highest BCUT2D eigenvalue weighted by atomic mass is 15.1. The van der Waals surface area contributed by atoms with Crippen LogP contribution in [0.2, 0.25) is 0 Å². The van der Waals surface area contributed by atoms with Crippen LogP contribution in [0, 0.1) is 12.3 Å². The number of hydrogen-bond acceptors (Lipinski definition) is 3. The molecule has 80 valence electrons. The number of anilines is 1. The van der Waals surface area contributed by atoms with Gasteiger partial charge in [0.2, 0.25) is 0 Å². The minimum atomic E-state index is 0.667. The zero-order valence-corrected chi connectivity index (χ0v) is 9.11. The van der Waals surface area contributed by atoms with Gasteiger partial charge in [-0.2, -0.15) is 0 Å². The van der Waals surface area contributed by atoms with Gasteiger partial charge in [-0.05, 0) is 25.1 Å². The summed E-state index contributed by atoms with van der Waals surface area (Å²) >= 11 is 0. The van der Waals surface area contributed by atoms with Crippen LogP contribution in [0.4, 0.5) is 5.69 Å². The fourth-order valence-electron chi connectivity index (χ4n) is 1.42. The van der Waals surface area contributed by atoms with E-state index >= 15 is 0 Å². The van der Waals surface area contributed by atoms with Gasteiger partial charge < -0.3 is 5.73 Å². The standard InChI is InChI=1S/C12H17N3/c1-3-7-15(8-4-2)10-12-6-5-11(13)9-14-12/h1,5-6,9H,4,7-8,10,13H2,2H3. The monoisotopic (exact) mass is 203 g/mol. The Balaban J connectivity index is 2.57. The quantitative estimate of drug-likeness (QED) is 0.738. The lowest BCUT2D eigenvalue weighted by Crippen LogP contribution is -2.24. The number of nitrogen functional groups attached to an aromatic ring is 1. The Bertz CT molecular complexity index is 324. The molecule has 0 atom stereocenters. The molecule has 0 aliphatic rings. The maximum atomic E-state index is 5.57. The zero-order chi connectivity index (χ0) is 11.1. The molecular weight excluding hydrogens is 186 g/mol. The number of hydrogen-bond donors (Lipinski definition) is 1. The molecule has 1 aromatic rings. The van der Waals surface area contributed by atoms with Crippen molar-refractivity contribution in [3.05, 3.63) is 24.0 Å². The second kappa shape index (κ2) is 6.05.